The second-order valence-electron chi connectivity index (χ2n) is 5.09. The molecule has 1 saturated heterocycles. The lowest BCUT2D eigenvalue weighted by molar-refractivity contribution is -0.154. The van der Waals surface area contributed by atoms with Crippen molar-refractivity contribution in [3.63, 3.8) is 0 Å². The summed E-state index contributed by atoms with van der Waals surface area (Å²) in [5, 5.41) is -0.116. The van der Waals surface area contributed by atoms with E-state index in [-0.39, 0.29) is 23.2 Å². The van der Waals surface area contributed by atoms with E-state index in [9.17, 15) is 9.59 Å². The van der Waals surface area contributed by atoms with Gasteiger partial charge in [-0.05, 0) is 11.5 Å². The number of methoxy groups -OCH3 is 1. The minimum atomic E-state index is -0.535. The summed E-state index contributed by atoms with van der Waals surface area (Å²) in [5.74, 6) is 0.0563. The van der Waals surface area contributed by atoms with Gasteiger partial charge in [0.25, 0.3) is 0 Å². The Balaban J connectivity index is 2.34. The van der Waals surface area contributed by atoms with Gasteiger partial charge in [-0.2, -0.15) is 0 Å². The van der Waals surface area contributed by atoms with Crippen molar-refractivity contribution in [3.05, 3.63) is 35.9 Å². The Labute approximate surface area is 123 Å². The van der Waals surface area contributed by atoms with Gasteiger partial charge in [0.15, 0.2) is 0 Å². The average Bonchev–Trinajstić information content (AvgIpc) is 2.81. The Hall–Kier alpha value is -1.49. The molecule has 1 unspecified atom stereocenters. The number of hydrogen-bond acceptors (Lipinski definition) is 4. The van der Waals surface area contributed by atoms with Crippen molar-refractivity contribution in [3.8, 4) is 0 Å². The van der Waals surface area contributed by atoms with Gasteiger partial charge in [0, 0.05) is 0 Å². The monoisotopic (exact) mass is 293 g/mol. The van der Waals surface area contributed by atoms with E-state index in [0.29, 0.717) is 5.75 Å². The van der Waals surface area contributed by atoms with E-state index in [0.717, 1.165) is 5.56 Å². The predicted octanol–water partition coefficient (Wildman–Crippen LogP) is 2.46. The SMILES string of the molecule is COC(=O)[C@H](C(C)C)N1C(=O)CSC1c1ccccc1. The van der Waals surface area contributed by atoms with Crippen LogP contribution in [0.15, 0.2) is 30.3 Å². The van der Waals surface area contributed by atoms with Crippen LogP contribution in [0.2, 0.25) is 0 Å². The van der Waals surface area contributed by atoms with E-state index >= 15 is 0 Å². The normalized spacial score (nSPS) is 20.3. The molecule has 20 heavy (non-hydrogen) atoms. The Morgan fingerprint density at radius 1 is 1.35 bits per heavy atom. The highest BCUT2D eigenvalue weighted by Gasteiger charge is 2.42. The molecule has 0 saturated carbocycles. The largest absolute Gasteiger partial charge is 0.467 e. The summed E-state index contributed by atoms with van der Waals surface area (Å²) >= 11 is 1.55. The summed E-state index contributed by atoms with van der Waals surface area (Å²) in [6.07, 6.45) is 0. The first-order valence-corrected chi connectivity index (χ1v) is 7.66. The van der Waals surface area contributed by atoms with E-state index in [1.807, 2.05) is 44.2 Å². The molecule has 0 bridgehead atoms. The zero-order chi connectivity index (χ0) is 14.7. The van der Waals surface area contributed by atoms with E-state index in [1.54, 1.807) is 16.7 Å². The van der Waals surface area contributed by atoms with Crippen molar-refractivity contribution >= 4 is 23.6 Å². The molecular weight excluding hydrogens is 274 g/mol. The van der Waals surface area contributed by atoms with Crippen LogP contribution in [0, 0.1) is 5.92 Å². The van der Waals surface area contributed by atoms with Crippen LogP contribution < -0.4 is 0 Å². The van der Waals surface area contributed by atoms with Gasteiger partial charge < -0.3 is 9.64 Å². The number of carbonyl (C=O) groups is 2. The smallest absolute Gasteiger partial charge is 0.328 e. The Morgan fingerprint density at radius 3 is 2.55 bits per heavy atom. The fourth-order valence-electron chi connectivity index (χ4n) is 2.44. The van der Waals surface area contributed by atoms with Gasteiger partial charge in [-0.25, -0.2) is 4.79 Å². The van der Waals surface area contributed by atoms with Gasteiger partial charge in [0.1, 0.15) is 11.4 Å². The molecule has 0 spiro atoms. The fourth-order valence-corrected chi connectivity index (χ4v) is 3.65. The first kappa shape index (κ1) is 14.9. The molecule has 2 rings (SSSR count). The number of rotatable bonds is 4. The van der Waals surface area contributed by atoms with Crippen LogP contribution in [0.25, 0.3) is 0 Å². The third kappa shape index (κ3) is 2.82. The fraction of sp³-hybridized carbons (Fsp3) is 0.467. The first-order valence-electron chi connectivity index (χ1n) is 6.61. The molecule has 0 radical (unpaired) electrons. The van der Waals surface area contributed by atoms with Crippen LogP contribution in [0.3, 0.4) is 0 Å². The van der Waals surface area contributed by atoms with Crippen molar-refractivity contribution in [1.29, 1.82) is 0 Å². The van der Waals surface area contributed by atoms with E-state index < -0.39 is 6.04 Å². The van der Waals surface area contributed by atoms with Crippen molar-refractivity contribution in [2.45, 2.75) is 25.3 Å². The molecule has 2 atom stereocenters. The molecule has 4 nitrogen and oxygen atoms in total. The molecule has 0 aromatic heterocycles. The van der Waals surface area contributed by atoms with Crippen molar-refractivity contribution in [2.24, 2.45) is 5.92 Å². The van der Waals surface area contributed by atoms with Gasteiger partial charge in [0.2, 0.25) is 5.91 Å². The molecule has 1 aromatic rings. The summed E-state index contributed by atoms with van der Waals surface area (Å²) in [4.78, 5) is 25.9. The van der Waals surface area contributed by atoms with Crippen molar-refractivity contribution in [2.75, 3.05) is 12.9 Å². The summed E-state index contributed by atoms with van der Waals surface area (Å²) < 4.78 is 4.88. The molecule has 0 N–H and O–H groups in total. The number of carbonyl (C=O) groups excluding carboxylic acids is 2. The Morgan fingerprint density at radius 2 is 2.00 bits per heavy atom. The minimum Gasteiger partial charge on any atom is -0.467 e. The molecule has 0 aliphatic carbocycles. The predicted molar refractivity (Wildman–Crippen MR) is 79.1 cm³/mol. The van der Waals surface area contributed by atoms with Crippen LogP contribution in [0.5, 0.6) is 0 Å². The first-order chi connectivity index (χ1) is 9.56. The maximum absolute atomic E-state index is 12.2. The number of amides is 1. The summed E-state index contributed by atoms with van der Waals surface area (Å²) in [7, 11) is 1.36. The number of nitrogens with zero attached hydrogens (tertiary/aromatic N) is 1. The molecule has 1 amide bonds. The lowest BCUT2D eigenvalue weighted by atomic mass is 10.0. The van der Waals surface area contributed by atoms with Crippen LogP contribution >= 0.6 is 11.8 Å². The highest BCUT2D eigenvalue weighted by atomic mass is 32.2. The van der Waals surface area contributed by atoms with E-state index in [2.05, 4.69) is 0 Å². The van der Waals surface area contributed by atoms with Gasteiger partial charge >= 0.3 is 5.97 Å². The van der Waals surface area contributed by atoms with Crippen LogP contribution in [0.4, 0.5) is 0 Å². The topological polar surface area (TPSA) is 46.6 Å². The van der Waals surface area contributed by atoms with E-state index in [1.165, 1.54) is 7.11 Å². The zero-order valence-electron chi connectivity index (χ0n) is 11.9. The quantitative estimate of drug-likeness (QED) is 0.800. The van der Waals surface area contributed by atoms with Crippen molar-refractivity contribution in [1.82, 2.24) is 4.90 Å². The van der Waals surface area contributed by atoms with Gasteiger partial charge in [-0.3, -0.25) is 4.79 Å². The zero-order valence-corrected chi connectivity index (χ0v) is 12.7. The molecule has 1 aliphatic heterocycles. The molecular formula is C15H19NO3S. The van der Waals surface area contributed by atoms with Crippen molar-refractivity contribution < 1.29 is 14.3 Å². The molecule has 1 fully saturated rings. The van der Waals surface area contributed by atoms with Crippen LogP contribution in [0.1, 0.15) is 24.8 Å². The second kappa shape index (κ2) is 6.31. The van der Waals surface area contributed by atoms with Crippen LogP contribution in [-0.2, 0) is 14.3 Å². The third-order valence-electron chi connectivity index (χ3n) is 3.36. The highest BCUT2D eigenvalue weighted by Crippen LogP contribution is 2.41. The molecule has 108 valence electrons. The maximum Gasteiger partial charge on any atom is 0.328 e. The lowest BCUT2D eigenvalue weighted by Crippen LogP contribution is -2.47. The highest BCUT2D eigenvalue weighted by molar-refractivity contribution is 8.00. The number of benzene rings is 1. The lowest BCUT2D eigenvalue weighted by Gasteiger charge is -2.33. The average molecular weight is 293 g/mol. The Kier molecular flexibility index (Phi) is 4.70. The molecule has 1 aliphatic rings. The second-order valence-corrected chi connectivity index (χ2v) is 6.16. The summed E-state index contributed by atoms with van der Waals surface area (Å²) in [5.41, 5.74) is 1.04. The maximum atomic E-state index is 12.2. The summed E-state index contributed by atoms with van der Waals surface area (Å²) in [6.45, 7) is 3.86. The minimum absolute atomic E-state index is 0.00652. The molecule has 5 heteroatoms. The molecule has 1 heterocycles. The van der Waals surface area contributed by atoms with Gasteiger partial charge in [-0.15, -0.1) is 11.8 Å². The number of thioether (sulfide) groups is 1. The third-order valence-corrected chi connectivity index (χ3v) is 4.59. The van der Waals surface area contributed by atoms with Gasteiger partial charge in [-0.1, -0.05) is 44.2 Å². The van der Waals surface area contributed by atoms with E-state index in [4.69, 9.17) is 4.74 Å². The van der Waals surface area contributed by atoms with Gasteiger partial charge in [0.05, 0.1) is 12.9 Å². The number of esters is 1. The molecule has 1 aromatic carbocycles. The standard InChI is InChI=1S/C15H19NO3S/c1-10(2)13(15(18)19-3)16-12(17)9-20-14(16)11-7-5-4-6-8-11/h4-8,10,13-14H,9H2,1-3H3/t13-,14?/m0/s1. The summed E-state index contributed by atoms with van der Waals surface area (Å²) in [6, 6.07) is 9.26. The van der Waals surface area contributed by atoms with Crippen LogP contribution in [-0.4, -0.2) is 35.7 Å². The Bertz CT molecular complexity index is 489. The number of ether oxygens (including phenoxy) is 1. The number of hydrogen-bond donors (Lipinski definition) is 0.